The second-order valence-electron chi connectivity index (χ2n) is 6.40. The van der Waals surface area contributed by atoms with Gasteiger partial charge in [0, 0.05) is 11.4 Å². The molecule has 8 heteroatoms. The molecule has 0 aliphatic heterocycles. The van der Waals surface area contributed by atoms with Gasteiger partial charge in [-0.25, -0.2) is 13.4 Å². The molecule has 7 nitrogen and oxygen atoms in total. The molecule has 2 aromatic carbocycles. The van der Waals surface area contributed by atoms with Crippen LogP contribution in [0.25, 0.3) is 0 Å². The second-order valence-corrected chi connectivity index (χ2v) is 8.06. The number of benzene rings is 2. The molecule has 150 valence electrons. The molecule has 1 heterocycles. The van der Waals surface area contributed by atoms with Crippen LogP contribution in [0.15, 0.2) is 65.6 Å². The van der Waals surface area contributed by atoms with Crippen molar-refractivity contribution in [2.75, 3.05) is 17.1 Å². The van der Waals surface area contributed by atoms with Gasteiger partial charge in [0.25, 0.3) is 15.9 Å². The van der Waals surface area contributed by atoms with Gasteiger partial charge in [-0.2, -0.15) is 0 Å². The third-order valence-corrected chi connectivity index (χ3v) is 5.72. The van der Waals surface area contributed by atoms with Gasteiger partial charge in [0.05, 0.1) is 17.7 Å². The zero-order valence-electron chi connectivity index (χ0n) is 16.3. The number of methoxy groups -OCH3 is 1. The van der Waals surface area contributed by atoms with E-state index in [9.17, 15) is 13.2 Å². The van der Waals surface area contributed by atoms with Crippen molar-refractivity contribution in [3.63, 3.8) is 0 Å². The van der Waals surface area contributed by atoms with E-state index in [1.807, 2.05) is 0 Å². The number of hydrogen-bond donors (Lipinski definition) is 2. The number of nitrogens with zero attached hydrogens (tertiary/aromatic N) is 1. The quantitative estimate of drug-likeness (QED) is 0.644. The average Bonchev–Trinajstić information content (AvgIpc) is 2.69. The summed E-state index contributed by atoms with van der Waals surface area (Å²) in [6, 6.07) is 16.5. The maximum Gasteiger partial charge on any atom is 0.274 e. The summed E-state index contributed by atoms with van der Waals surface area (Å²) in [6.07, 6.45) is 0. The van der Waals surface area contributed by atoms with Crippen molar-refractivity contribution in [3.05, 3.63) is 77.6 Å². The van der Waals surface area contributed by atoms with Crippen LogP contribution < -0.4 is 14.8 Å². The van der Waals surface area contributed by atoms with E-state index in [1.165, 1.54) is 13.2 Å². The van der Waals surface area contributed by atoms with Crippen LogP contribution in [-0.4, -0.2) is 26.4 Å². The summed E-state index contributed by atoms with van der Waals surface area (Å²) in [6.45, 7) is 3.47. The van der Waals surface area contributed by atoms with E-state index in [4.69, 9.17) is 4.74 Å². The Hall–Kier alpha value is -3.39. The molecule has 0 bridgehead atoms. The molecule has 0 fully saturated rings. The lowest BCUT2D eigenvalue weighted by Crippen LogP contribution is -2.17. The van der Waals surface area contributed by atoms with Gasteiger partial charge >= 0.3 is 0 Å². The lowest BCUT2D eigenvalue weighted by molar-refractivity contribution is 0.102. The third kappa shape index (κ3) is 4.72. The number of aromatic nitrogens is 1. The predicted octanol–water partition coefficient (Wildman–Crippen LogP) is 3.76. The van der Waals surface area contributed by atoms with E-state index in [2.05, 4.69) is 15.0 Å². The first-order valence-electron chi connectivity index (χ1n) is 8.81. The zero-order valence-corrected chi connectivity index (χ0v) is 17.1. The van der Waals surface area contributed by atoms with E-state index in [-0.39, 0.29) is 10.6 Å². The summed E-state index contributed by atoms with van der Waals surface area (Å²) in [5, 5.41) is 2.69. The highest BCUT2D eigenvalue weighted by Gasteiger charge is 2.20. The van der Waals surface area contributed by atoms with Crippen molar-refractivity contribution >= 4 is 27.3 Å². The highest BCUT2D eigenvalue weighted by Crippen LogP contribution is 2.28. The molecule has 0 saturated heterocycles. The van der Waals surface area contributed by atoms with Crippen molar-refractivity contribution in [1.29, 1.82) is 0 Å². The number of hydrogen-bond acceptors (Lipinski definition) is 5. The molecule has 29 heavy (non-hydrogen) atoms. The maximum absolute atomic E-state index is 13.0. The lowest BCUT2D eigenvalue weighted by atomic mass is 10.2. The minimum absolute atomic E-state index is 0.0541. The number of carbonyl (C=O) groups excluding carboxylic acids is 1. The molecule has 0 saturated carbocycles. The van der Waals surface area contributed by atoms with Gasteiger partial charge in [0.1, 0.15) is 11.4 Å². The van der Waals surface area contributed by atoms with Crippen LogP contribution in [0, 0.1) is 13.8 Å². The fourth-order valence-corrected chi connectivity index (χ4v) is 4.10. The molecule has 3 rings (SSSR count). The lowest BCUT2D eigenvalue weighted by Gasteiger charge is -2.14. The molecule has 0 aliphatic carbocycles. The third-order valence-electron chi connectivity index (χ3n) is 4.21. The molecule has 0 radical (unpaired) electrons. The first kappa shape index (κ1) is 20.3. The largest absolute Gasteiger partial charge is 0.495 e. The summed E-state index contributed by atoms with van der Waals surface area (Å²) in [5.41, 5.74) is 2.18. The molecule has 2 N–H and O–H groups in total. The minimum Gasteiger partial charge on any atom is -0.495 e. The first-order chi connectivity index (χ1) is 13.8. The molecule has 1 aromatic heterocycles. The topological polar surface area (TPSA) is 97.4 Å². The number of anilines is 2. The number of nitrogens with one attached hydrogen (secondary N) is 2. The van der Waals surface area contributed by atoms with Crippen LogP contribution in [0.1, 0.15) is 21.7 Å². The van der Waals surface area contributed by atoms with Gasteiger partial charge in [0.15, 0.2) is 0 Å². The Labute approximate surface area is 169 Å². The number of amides is 1. The molecule has 3 aromatic rings. The number of para-hydroxylation sites is 2. The molecule has 1 amide bonds. The van der Waals surface area contributed by atoms with Gasteiger partial charge in [-0.3, -0.25) is 9.52 Å². The molecule has 0 unspecified atom stereocenters. The van der Waals surface area contributed by atoms with Gasteiger partial charge in [-0.15, -0.1) is 0 Å². The van der Waals surface area contributed by atoms with Crippen molar-refractivity contribution in [2.45, 2.75) is 18.7 Å². The number of rotatable bonds is 6. The standard InChI is InChI=1S/C21H21N3O4S/c1-14-11-12-16(23-21(25)18-9-6-7-15(2)22-18)13-20(14)29(26,27)24-17-8-4-5-10-19(17)28-3/h4-13,24H,1-3H3,(H,23,25). The van der Waals surface area contributed by atoms with E-state index >= 15 is 0 Å². The van der Waals surface area contributed by atoms with E-state index in [1.54, 1.807) is 68.4 Å². The Morgan fingerprint density at radius 2 is 1.76 bits per heavy atom. The molecular formula is C21H21N3O4S. The molecule has 0 atom stereocenters. The zero-order chi connectivity index (χ0) is 21.0. The van der Waals surface area contributed by atoms with E-state index in [0.29, 0.717) is 28.4 Å². The Balaban J connectivity index is 1.89. The van der Waals surface area contributed by atoms with Crippen LogP contribution >= 0.6 is 0 Å². The van der Waals surface area contributed by atoms with Crippen molar-refractivity contribution in [1.82, 2.24) is 4.98 Å². The predicted molar refractivity (Wildman–Crippen MR) is 112 cm³/mol. The summed E-state index contributed by atoms with van der Waals surface area (Å²) in [5.74, 6) is -0.0118. The van der Waals surface area contributed by atoms with Crippen LogP contribution in [0.2, 0.25) is 0 Å². The minimum atomic E-state index is -3.90. The van der Waals surface area contributed by atoms with Crippen LogP contribution in [0.3, 0.4) is 0 Å². The number of carbonyl (C=O) groups is 1. The fourth-order valence-electron chi connectivity index (χ4n) is 2.76. The number of sulfonamides is 1. The summed E-state index contributed by atoms with van der Waals surface area (Å²) in [4.78, 5) is 16.7. The van der Waals surface area contributed by atoms with Gasteiger partial charge in [-0.1, -0.05) is 24.3 Å². The molecule has 0 spiro atoms. The average molecular weight is 411 g/mol. The number of pyridine rings is 1. The summed E-state index contributed by atoms with van der Waals surface area (Å²) < 4.78 is 33.6. The van der Waals surface area contributed by atoms with Crippen LogP contribution in [-0.2, 0) is 10.0 Å². The van der Waals surface area contributed by atoms with Crippen molar-refractivity contribution in [2.24, 2.45) is 0 Å². The highest BCUT2D eigenvalue weighted by molar-refractivity contribution is 7.92. The first-order valence-corrected chi connectivity index (χ1v) is 10.3. The summed E-state index contributed by atoms with van der Waals surface area (Å²) in [7, 11) is -2.44. The maximum atomic E-state index is 13.0. The number of ether oxygens (including phenoxy) is 1. The van der Waals surface area contributed by atoms with Gasteiger partial charge in [0.2, 0.25) is 0 Å². The highest BCUT2D eigenvalue weighted by atomic mass is 32.2. The van der Waals surface area contributed by atoms with Gasteiger partial charge in [-0.05, 0) is 55.8 Å². The SMILES string of the molecule is COc1ccccc1NS(=O)(=O)c1cc(NC(=O)c2cccc(C)n2)ccc1C. The molecular weight excluding hydrogens is 390 g/mol. The van der Waals surface area contributed by atoms with Crippen molar-refractivity contribution < 1.29 is 17.9 Å². The Morgan fingerprint density at radius 1 is 1.00 bits per heavy atom. The fraction of sp³-hybridized carbons (Fsp3) is 0.143. The van der Waals surface area contributed by atoms with E-state index < -0.39 is 15.9 Å². The van der Waals surface area contributed by atoms with Gasteiger partial charge < -0.3 is 10.1 Å². The number of aryl methyl sites for hydroxylation is 2. The van der Waals surface area contributed by atoms with Crippen LogP contribution in [0.5, 0.6) is 5.75 Å². The Bertz CT molecular complexity index is 1160. The van der Waals surface area contributed by atoms with E-state index in [0.717, 1.165) is 0 Å². The Morgan fingerprint density at radius 3 is 2.48 bits per heavy atom. The molecule has 0 aliphatic rings. The normalized spacial score (nSPS) is 11.0. The Kier molecular flexibility index (Phi) is 5.84. The van der Waals surface area contributed by atoms with Crippen LogP contribution in [0.4, 0.5) is 11.4 Å². The van der Waals surface area contributed by atoms with Crippen molar-refractivity contribution in [3.8, 4) is 5.75 Å². The summed E-state index contributed by atoms with van der Waals surface area (Å²) >= 11 is 0. The monoisotopic (exact) mass is 411 g/mol. The smallest absolute Gasteiger partial charge is 0.274 e. The second kappa shape index (κ2) is 8.32.